The number of aliphatic hydroxyl groups is 1. The molecule has 1 heterocycles. The smallest absolute Gasteiger partial charge is 0.254 e. The summed E-state index contributed by atoms with van der Waals surface area (Å²) in [6.45, 7) is 3.90. The number of aliphatic hydroxyl groups excluding tert-OH is 1. The number of ether oxygens (including phenoxy) is 1. The Kier molecular flexibility index (Phi) is 9.88. The number of nitrogens with one attached hydrogen (secondary N) is 1. The Labute approximate surface area is 182 Å². The van der Waals surface area contributed by atoms with Crippen molar-refractivity contribution >= 4 is 24.0 Å². The van der Waals surface area contributed by atoms with Crippen molar-refractivity contribution in [2.75, 3.05) is 51.8 Å². The molecule has 1 aliphatic heterocycles. The second kappa shape index (κ2) is 11.6. The number of phenols is 1. The maximum atomic E-state index is 11.8. The predicted molar refractivity (Wildman–Crippen MR) is 119 cm³/mol. The summed E-state index contributed by atoms with van der Waals surface area (Å²) in [5, 5.41) is 22.9. The van der Waals surface area contributed by atoms with Crippen molar-refractivity contribution < 1.29 is 25.2 Å². The number of hydrogen-bond donors (Lipinski definition) is 3. The molecular formula is C21H30ClN3O5. The number of carbonyl (C=O) groups is 1. The first-order valence-electron chi connectivity index (χ1n) is 9.36. The van der Waals surface area contributed by atoms with E-state index in [0.717, 1.165) is 37.6 Å². The minimum absolute atomic E-state index is 0. The highest BCUT2D eigenvalue weighted by Gasteiger charge is 2.21. The molecule has 0 aromatic heterocycles. The quantitative estimate of drug-likeness (QED) is 0.623. The number of benzene rings is 2. The third kappa shape index (κ3) is 5.99. The third-order valence-electron chi connectivity index (χ3n) is 5.12. The van der Waals surface area contributed by atoms with Crippen LogP contribution in [-0.2, 0) is 0 Å². The monoisotopic (exact) mass is 439 g/mol. The van der Waals surface area contributed by atoms with Crippen molar-refractivity contribution in [1.82, 2.24) is 10.2 Å². The van der Waals surface area contributed by atoms with E-state index in [1.807, 2.05) is 12.1 Å². The van der Waals surface area contributed by atoms with E-state index in [-0.39, 0.29) is 35.1 Å². The molecule has 2 aromatic rings. The van der Waals surface area contributed by atoms with Gasteiger partial charge in [0.1, 0.15) is 11.5 Å². The van der Waals surface area contributed by atoms with Crippen LogP contribution in [-0.4, -0.2) is 73.4 Å². The maximum absolute atomic E-state index is 11.8. The fourth-order valence-corrected chi connectivity index (χ4v) is 3.41. The summed E-state index contributed by atoms with van der Waals surface area (Å²) in [6, 6.07) is 12.7. The van der Waals surface area contributed by atoms with Gasteiger partial charge < -0.3 is 30.6 Å². The van der Waals surface area contributed by atoms with Gasteiger partial charge in [0.25, 0.3) is 5.91 Å². The number of methoxy groups -OCH3 is 1. The highest BCUT2D eigenvalue weighted by molar-refractivity contribution is 5.96. The molecule has 1 fully saturated rings. The molecule has 3 rings (SSSR count). The Balaban J connectivity index is 0.00000225. The average molecular weight is 440 g/mol. The molecule has 9 heteroatoms. The summed E-state index contributed by atoms with van der Waals surface area (Å²) in [6.07, 6.45) is -0.725. The molecule has 1 saturated heterocycles. The fraction of sp³-hybridized carbons (Fsp3) is 0.381. The normalized spacial score (nSPS) is 14.8. The van der Waals surface area contributed by atoms with Crippen LogP contribution < -0.4 is 15.0 Å². The van der Waals surface area contributed by atoms with Crippen molar-refractivity contribution in [2.45, 2.75) is 6.10 Å². The number of anilines is 1. The number of phenolic OH excluding ortho intramolecular Hbond substituents is 1. The summed E-state index contributed by atoms with van der Waals surface area (Å²) in [4.78, 5) is 16.4. The first-order chi connectivity index (χ1) is 13.5. The molecular weight excluding hydrogens is 410 g/mol. The van der Waals surface area contributed by atoms with Crippen LogP contribution in [0.25, 0.3) is 0 Å². The SMILES string of the molecule is CNC(=O)c1cc(C(O)CN2CCN(c3ccc(OC)cc3)CC2)ccc1O.Cl.O. The van der Waals surface area contributed by atoms with E-state index in [4.69, 9.17) is 4.74 Å². The zero-order chi connectivity index (χ0) is 20.1. The Hall–Kier alpha value is -2.52. The molecule has 1 unspecified atom stereocenters. The number of hydrogen-bond acceptors (Lipinski definition) is 6. The molecule has 0 saturated carbocycles. The largest absolute Gasteiger partial charge is 0.507 e. The Morgan fingerprint density at radius 1 is 1.13 bits per heavy atom. The fourth-order valence-electron chi connectivity index (χ4n) is 3.41. The van der Waals surface area contributed by atoms with Crippen LogP contribution in [0.1, 0.15) is 22.0 Å². The lowest BCUT2D eigenvalue weighted by molar-refractivity contribution is 0.0958. The summed E-state index contributed by atoms with van der Waals surface area (Å²) in [7, 11) is 3.16. The van der Waals surface area contributed by atoms with E-state index >= 15 is 0 Å². The highest BCUT2D eigenvalue weighted by atomic mass is 35.5. The summed E-state index contributed by atoms with van der Waals surface area (Å²) in [5.41, 5.74) is 1.95. The van der Waals surface area contributed by atoms with Crippen LogP contribution in [0.4, 0.5) is 5.69 Å². The number of halogens is 1. The van der Waals surface area contributed by atoms with Crippen LogP contribution in [0.3, 0.4) is 0 Å². The molecule has 166 valence electrons. The minimum atomic E-state index is -0.725. The van der Waals surface area contributed by atoms with Crippen LogP contribution in [0, 0.1) is 0 Å². The third-order valence-corrected chi connectivity index (χ3v) is 5.12. The molecule has 1 amide bonds. The van der Waals surface area contributed by atoms with Gasteiger partial charge in [0.05, 0.1) is 18.8 Å². The van der Waals surface area contributed by atoms with Gasteiger partial charge in [-0.3, -0.25) is 9.69 Å². The maximum Gasteiger partial charge on any atom is 0.254 e. The topological polar surface area (TPSA) is 117 Å². The van der Waals surface area contributed by atoms with Gasteiger partial charge in [0.15, 0.2) is 0 Å². The van der Waals surface area contributed by atoms with E-state index < -0.39 is 6.10 Å². The number of aromatic hydroxyl groups is 1. The van der Waals surface area contributed by atoms with Gasteiger partial charge in [0, 0.05) is 45.5 Å². The number of amides is 1. The van der Waals surface area contributed by atoms with Crippen LogP contribution >= 0.6 is 12.4 Å². The number of carbonyl (C=O) groups excluding carboxylic acids is 1. The van der Waals surface area contributed by atoms with E-state index in [2.05, 4.69) is 27.2 Å². The first-order valence-corrected chi connectivity index (χ1v) is 9.36. The molecule has 0 bridgehead atoms. The molecule has 0 aliphatic carbocycles. The number of β-amino-alcohol motifs (C(OH)–C–C–N with tert-alkyl or cyclic N) is 1. The van der Waals surface area contributed by atoms with Crippen molar-refractivity contribution in [3.63, 3.8) is 0 Å². The van der Waals surface area contributed by atoms with Crippen molar-refractivity contribution in [3.05, 3.63) is 53.6 Å². The van der Waals surface area contributed by atoms with E-state index in [9.17, 15) is 15.0 Å². The molecule has 0 spiro atoms. The Bertz CT molecular complexity index is 811. The van der Waals surface area contributed by atoms with Gasteiger partial charge in [-0.05, 0) is 42.0 Å². The van der Waals surface area contributed by atoms with Crippen molar-refractivity contribution in [3.8, 4) is 11.5 Å². The molecule has 2 aromatic carbocycles. The second-order valence-electron chi connectivity index (χ2n) is 6.86. The number of rotatable bonds is 6. The lowest BCUT2D eigenvalue weighted by Crippen LogP contribution is -2.47. The van der Waals surface area contributed by atoms with Crippen molar-refractivity contribution in [1.29, 1.82) is 0 Å². The summed E-state index contributed by atoms with van der Waals surface area (Å²) >= 11 is 0. The molecule has 5 N–H and O–H groups in total. The van der Waals surface area contributed by atoms with Crippen LogP contribution in [0.15, 0.2) is 42.5 Å². The van der Waals surface area contributed by atoms with Gasteiger partial charge in [-0.15, -0.1) is 12.4 Å². The molecule has 1 aliphatic rings. The van der Waals surface area contributed by atoms with Gasteiger partial charge >= 0.3 is 0 Å². The van der Waals surface area contributed by atoms with Gasteiger partial charge in [-0.25, -0.2) is 0 Å². The molecule has 0 radical (unpaired) electrons. The molecule has 30 heavy (non-hydrogen) atoms. The standard InChI is InChI=1S/C21H27N3O4.ClH.H2O/c1-22-21(27)18-13-15(3-8-19(18)25)20(26)14-23-9-11-24(12-10-23)16-4-6-17(28-2)7-5-16;;/h3-8,13,20,25-26H,9-12,14H2,1-2H3,(H,22,27);1H;1H2. The number of nitrogens with zero attached hydrogens (tertiary/aromatic N) is 2. The van der Waals surface area contributed by atoms with Crippen molar-refractivity contribution in [2.24, 2.45) is 0 Å². The number of piperazine rings is 1. The zero-order valence-corrected chi connectivity index (χ0v) is 18.0. The highest BCUT2D eigenvalue weighted by Crippen LogP contribution is 2.24. The second-order valence-corrected chi connectivity index (χ2v) is 6.86. The lowest BCUT2D eigenvalue weighted by atomic mass is 10.0. The van der Waals surface area contributed by atoms with E-state index in [0.29, 0.717) is 12.1 Å². The Morgan fingerprint density at radius 3 is 2.33 bits per heavy atom. The predicted octanol–water partition coefficient (Wildman–Crippen LogP) is 1.21. The molecule has 1 atom stereocenters. The minimum Gasteiger partial charge on any atom is -0.507 e. The van der Waals surface area contributed by atoms with E-state index in [1.165, 1.54) is 13.1 Å². The lowest BCUT2D eigenvalue weighted by Gasteiger charge is -2.37. The van der Waals surface area contributed by atoms with Gasteiger partial charge in [-0.1, -0.05) is 6.07 Å². The average Bonchev–Trinajstić information content (AvgIpc) is 2.74. The van der Waals surface area contributed by atoms with Gasteiger partial charge in [0.2, 0.25) is 0 Å². The van der Waals surface area contributed by atoms with Crippen LogP contribution in [0.5, 0.6) is 11.5 Å². The van der Waals surface area contributed by atoms with E-state index in [1.54, 1.807) is 19.2 Å². The van der Waals surface area contributed by atoms with Crippen LogP contribution in [0.2, 0.25) is 0 Å². The van der Waals surface area contributed by atoms with Gasteiger partial charge in [-0.2, -0.15) is 0 Å². The summed E-state index contributed by atoms with van der Waals surface area (Å²) < 4.78 is 5.20. The first kappa shape index (κ1) is 25.5. The Morgan fingerprint density at radius 2 is 1.77 bits per heavy atom. The summed E-state index contributed by atoms with van der Waals surface area (Å²) in [5.74, 6) is 0.374. The zero-order valence-electron chi connectivity index (χ0n) is 17.2. The molecule has 8 nitrogen and oxygen atoms in total.